The molecule has 8 nitrogen and oxygen atoms in total. The van der Waals surface area contributed by atoms with Gasteiger partial charge in [0.05, 0.1) is 17.9 Å². The maximum absolute atomic E-state index is 12.0. The van der Waals surface area contributed by atoms with E-state index in [1.165, 1.54) is 0 Å². The van der Waals surface area contributed by atoms with Crippen LogP contribution in [0.3, 0.4) is 0 Å². The van der Waals surface area contributed by atoms with Crippen LogP contribution in [-0.4, -0.2) is 39.6 Å². The summed E-state index contributed by atoms with van der Waals surface area (Å²) in [5.41, 5.74) is 0.977. The van der Waals surface area contributed by atoms with Crippen LogP contribution < -0.4 is 10.6 Å². The average molecular weight is 363 g/mol. The number of carbonyl (C=O) groups is 3. The number of carboxylic acids is 1. The van der Waals surface area contributed by atoms with E-state index in [1.807, 2.05) is 0 Å². The summed E-state index contributed by atoms with van der Waals surface area (Å²) >= 11 is 1.14. The number of thioether (sulfide) groups is 1. The van der Waals surface area contributed by atoms with Gasteiger partial charge in [0.2, 0.25) is 11.8 Å². The van der Waals surface area contributed by atoms with E-state index in [0.717, 1.165) is 11.8 Å². The van der Waals surface area contributed by atoms with Gasteiger partial charge in [-0.1, -0.05) is 23.4 Å². The van der Waals surface area contributed by atoms with Crippen molar-refractivity contribution >= 4 is 41.1 Å². The first kappa shape index (κ1) is 18.5. The zero-order valence-electron chi connectivity index (χ0n) is 13.4. The molecule has 1 aromatic carbocycles. The highest BCUT2D eigenvalue weighted by molar-refractivity contribution is 8.00. The van der Waals surface area contributed by atoms with Gasteiger partial charge in [0.1, 0.15) is 5.76 Å². The molecule has 9 heteroatoms. The number of aliphatic carboxylic acids is 1. The molecule has 0 aliphatic carbocycles. The fraction of sp³-hybridized carbons (Fsp3) is 0.250. The van der Waals surface area contributed by atoms with Crippen molar-refractivity contribution in [3.05, 3.63) is 41.7 Å². The highest BCUT2D eigenvalue weighted by Gasteiger charge is 2.11. The SMILES string of the molecule is Cc1cc(NC(=O)CSCC(=O)Nc2ccccc2CC(=O)O)no1. The number of hydrogen-bond acceptors (Lipinski definition) is 6. The summed E-state index contributed by atoms with van der Waals surface area (Å²) in [5, 5.41) is 17.7. The number of hydrogen-bond donors (Lipinski definition) is 3. The summed E-state index contributed by atoms with van der Waals surface area (Å²) in [6.07, 6.45) is -0.177. The third kappa shape index (κ3) is 6.30. The molecule has 2 aromatic rings. The molecule has 0 unspecified atom stereocenters. The Hall–Kier alpha value is -2.81. The molecule has 0 fully saturated rings. The molecule has 1 aromatic heterocycles. The van der Waals surface area contributed by atoms with Crippen LogP contribution in [0.15, 0.2) is 34.9 Å². The minimum absolute atomic E-state index is 0.0622. The van der Waals surface area contributed by atoms with Gasteiger partial charge in [0.15, 0.2) is 5.82 Å². The molecule has 0 aliphatic rings. The molecule has 25 heavy (non-hydrogen) atoms. The molecule has 132 valence electrons. The standard InChI is InChI=1S/C16H17N3O5S/c1-10-6-13(19-24-10)18-15(21)9-25-8-14(20)17-12-5-3-2-4-11(12)7-16(22)23/h2-6H,7-9H2,1H3,(H,17,20)(H,22,23)(H,18,19,21). The van der Waals surface area contributed by atoms with Gasteiger partial charge in [-0.2, -0.15) is 0 Å². The molecule has 0 atom stereocenters. The largest absolute Gasteiger partial charge is 0.481 e. The molecular weight excluding hydrogens is 346 g/mol. The Labute approximate surface area is 148 Å². The van der Waals surface area contributed by atoms with Crippen LogP contribution in [0.1, 0.15) is 11.3 Å². The fourth-order valence-corrected chi connectivity index (χ4v) is 2.60. The molecule has 0 bridgehead atoms. The van der Waals surface area contributed by atoms with Crippen molar-refractivity contribution in [3.8, 4) is 0 Å². The number of nitrogens with zero attached hydrogens (tertiary/aromatic N) is 1. The topological polar surface area (TPSA) is 122 Å². The highest BCUT2D eigenvalue weighted by atomic mass is 32.2. The summed E-state index contributed by atoms with van der Waals surface area (Å²) < 4.78 is 4.84. The molecule has 3 N–H and O–H groups in total. The van der Waals surface area contributed by atoms with Crippen molar-refractivity contribution in [2.75, 3.05) is 22.1 Å². The average Bonchev–Trinajstić information content (AvgIpc) is 2.93. The van der Waals surface area contributed by atoms with Gasteiger partial charge < -0.3 is 20.3 Å². The molecule has 2 rings (SSSR count). The smallest absolute Gasteiger partial charge is 0.307 e. The number of anilines is 2. The number of aryl methyl sites for hydroxylation is 1. The van der Waals surface area contributed by atoms with Crippen molar-refractivity contribution in [2.24, 2.45) is 0 Å². The monoisotopic (exact) mass is 363 g/mol. The van der Waals surface area contributed by atoms with Crippen LogP contribution in [0.4, 0.5) is 11.5 Å². The number of para-hydroxylation sites is 1. The summed E-state index contributed by atoms with van der Waals surface area (Å²) in [5.74, 6) is -0.526. The van der Waals surface area contributed by atoms with Gasteiger partial charge in [-0.05, 0) is 18.6 Å². The van der Waals surface area contributed by atoms with Gasteiger partial charge in [-0.25, -0.2) is 0 Å². The first-order valence-electron chi connectivity index (χ1n) is 7.34. The Kier molecular flexibility index (Phi) is 6.58. The van der Waals surface area contributed by atoms with Crippen LogP contribution in [-0.2, 0) is 20.8 Å². The molecule has 0 spiro atoms. The van der Waals surface area contributed by atoms with Gasteiger partial charge >= 0.3 is 5.97 Å². The third-order valence-electron chi connectivity index (χ3n) is 2.99. The number of amides is 2. The number of carboxylic acid groups (broad SMARTS) is 1. The Morgan fingerprint density at radius 3 is 2.48 bits per heavy atom. The van der Waals surface area contributed by atoms with E-state index in [2.05, 4.69) is 15.8 Å². The normalized spacial score (nSPS) is 10.3. The van der Waals surface area contributed by atoms with E-state index in [-0.39, 0.29) is 29.7 Å². The predicted octanol–water partition coefficient (Wildman–Crippen LogP) is 1.92. The number of rotatable bonds is 8. The van der Waals surface area contributed by atoms with E-state index in [4.69, 9.17) is 9.63 Å². The molecule has 1 heterocycles. The minimum Gasteiger partial charge on any atom is -0.481 e. The van der Waals surface area contributed by atoms with E-state index in [1.54, 1.807) is 37.3 Å². The van der Waals surface area contributed by atoms with Crippen molar-refractivity contribution in [2.45, 2.75) is 13.3 Å². The number of aromatic nitrogens is 1. The van der Waals surface area contributed by atoms with Crippen LogP contribution in [0.25, 0.3) is 0 Å². The molecule has 0 radical (unpaired) electrons. The summed E-state index contributed by atoms with van der Waals surface area (Å²) in [6.45, 7) is 1.71. The zero-order valence-corrected chi connectivity index (χ0v) is 14.3. The van der Waals surface area contributed by atoms with Crippen molar-refractivity contribution in [3.63, 3.8) is 0 Å². The third-order valence-corrected chi connectivity index (χ3v) is 3.93. The molecule has 2 amide bonds. The Balaban J connectivity index is 1.77. The predicted molar refractivity (Wildman–Crippen MR) is 93.6 cm³/mol. The number of nitrogens with one attached hydrogen (secondary N) is 2. The van der Waals surface area contributed by atoms with Crippen LogP contribution in [0, 0.1) is 6.92 Å². The van der Waals surface area contributed by atoms with Crippen LogP contribution >= 0.6 is 11.8 Å². The lowest BCUT2D eigenvalue weighted by Crippen LogP contribution is -2.19. The zero-order chi connectivity index (χ0) is 18.2. The number of benzene rings is 1. The molecule has 0 aliphatic heterocycles. The number of carbonyl (C=O) groups excluding carboxylic acids is 2. The lowest BCUT2D eigenvalue weighted by Gasteiger charge is -2.09. The highest BCUT2D eigenvalue weighted by Crippen LogP contribution is 2.16. The summed E-state index contributed by atoms with van der Waals surface area (Å²) in [7, 11) is 0. The summed E-state index contributed by atoms with van der Waals surface area (Å²) in [6, 6.07) is 8.29. The van der Waals surface area contributed by atoms with Gasteiger partial charge in [0.25, 0.3) is 0 Å². The maximum atomic E-state index is 12.0. The van der Waals surface area contributed by atoms with E-state index in [0.29, 0.717) is 22.8 Å². The van der Waals surface area contributed by atoms with Gasteiger partial charge in [-0.15, -0.1) is 11.8 Å². The second-order valence-electron chi connectivity index (χ2n) is 5.14. The first-order valence-corrected chi connectivity index (χ1v) is 8.50. The van der Waals surface area contributed by atoms with E-state index < -0.39 is 5.97 Å². The first-order chi connectivity index (χ1) is 11.9. The van der Waals surface area contributed by atoms with E-state index >= 15 is 0 Å². The Morgan fingerprint density at radius 2 is 1.84 bits per heavy atom. The molecule has 0 saturated heterocycles. The van der Waals surface area contributed by atoms with Crippen LogP contribution in [0.5, 0.6) is 0 Å². The lowest BCUT2D eigenvalue weighted by atomic mass is 10.1. The Bertz CT molecular complexity index is 775. The van der Waals surface area contributed by atoms with Gasteiger partial charge in [0, 0.05) is 11.8 Å². The quantitative estimate of drug-likeness (QED) is 0.655. The van der Waals surface area contributed by atoms with Gasteiger partial charge in [-0.3, -0.25) is 14.4 Å². The van der Waals surface area contributed by atoms with Crippen LogP contribution in [0.2, 0.25) is 0 Å². The second-order valence-corrected chi connectivity index (χ2v) is 6.13. The van der Waals surface area contributed by atoms with E-state index in [9.17, 15) is 14.4 Å². The fourth-order valence-electron chi connectivity index (χ4n) is 1.99. The Morgan fingerprint density at radius 1 is 1.16 bits per heavy atom. The molecule has 0 saturated carbocycles. The van der Waals surface area contributed by atoms with Crippen molar-refractivity contribution in [1.29, 1.82) is 0 Å². The molecular formula is C16H17N3O5S. The second kappa shape index (κ2) is 8.88. The van der Waals surface area contributed by atoms with Crippen molar-refractivity contribution in [1.82, 2.24) is 5.16 Å². The minimum atomic E-state index is -0.976. The summed E-state index contributed by atoms with van der Waals surface area (Å²) in [4.78, 5) is 34.5. The lowest BCUT2D eigenvalue weighted by molar-refractivity contribution is -0.136. The maximum Gasteiger partial charge on any atom is 0.307 e. The van der Waals surface area contributed by atoms with Crippen molar-refractivity contribution < 1.29 is 24.0 Å².